The van der Waals surface area contributed by atoms with E-state index in [1.54, 1.807) is 0 Å². The van der Waals surface area contributed by atoms with Gasteiger partial charge in [-0.1, -0.05) is 30.3 Å². The second kappa shape index (κ2) is 11.0. The number of likely N-dealkylation sites (tertiary alicyclic amines) is 2. The van der Waals surface area contributed by atoms with Gasteiger partial charge >= 0.3 is 0 Å². The molecule has 0 bridgehead atoms. The Labute approximate surface area is 208 Å². The van der Waals surface area contributed by atoms with Crippen molar-refractivity contribution in [2.24, 2.45) is 0 Å². The molecule has 3 saturated heterocycles. The summed E-state index contributed by atoms with van der Waals surface area (Å²) in [5.74, 6) is 1.08. The minimum absolute atomic E-state index is 0.240. The van der Waals surface area contributed by atoms with Crippen molar-refractivity contribution >= 4 is 11.6 Å². The van der Waals surface area contributed by atoms with Crippen LogP contribution in [-0.2, 0) is 11.3 Å². The first-order valence-corrected chi connectivity index (χ1v) is 13.0. The molecule has 0 spiro atoms. The molecule has 5 rings (SSSR count). The van der Waals surface area contributed by atoms with Gasteiger partial charge in [0, 0.05) is 71.0 Å². The van der Waals surface area contributed by atoms with Gasteiger partial charge < -0.3 is 19.6 Å². The number of hydrogen-bond acceptors (Lipinski definition) is 6. The number of amides is 1. The molecule has 1 unspecified atom stereocenters. The van der Waals surface area contributed by atoms with Crippen molar-refractivity contribution in [3.05, 3.63) is 60.2 Å². The lowest BCUT2D eigenvalue weighted by Crippen LogP contribution is -2.52. The third kappa shape index (κ3) is 6.34. The van der Waals surface area contributed by atoms with Crippen LogP contribution in [0.4, 0.5) is 5.69 Å². The first-order chi connectivity index (χ1) is 17.1. The maximum Gasteiger partial charge on any atom is 0.222 e. The fraction of sp³-hybridized carbons (Fsp3) is 0.536. The van der Waals surface area contributed by atoms with Crippen LogP contribution in [-0.4, -0.2) is 96.8 Å². The molecule has 1 N–H and O–H groups in total. The van der Waals surface area contributed by atoms with E-state index in [0.29, 0.717) is 26.1 Å². The van der Waals surface area contributed by atoms with Gasteiger partial charge in [-0.15, -0.1) is 0 Å². The molecule has 1 amide bonds. The normalized spacial score (nSPS) is 23.9. The van der Waals surface area contributed by atoms with Crippen molar-refractivity contribution in [1.29, 1.82) is 0 Å². The fourth-order valence-electron chi connectivity index (χ4n) is 5.59. The Kier molecular flexibility index (Phi) is 7.56. The highest BCUT2D eigenvalue weighted by Crippen LogP contribution is 2.26. The molecule has 0 aliphatic carbocycles. The molecule has 0 radical (unpaired) electrons. The monoisotopic (exact) mass is 478 g/mol. The molecule has 3 aliphatic heterocycles. The van der Waals surface area contributed by atoms with E-state index in [1.807, 2.05) is 17.0 Å². The van der Waals surface area contributed by atoms with Crippen LogP contribution in [0.5, 0.6) is 5.75 Å². The van der Waals surface area contributed by atoms with Gasteiger partial charge in [0.05, 0.1) is 12.1 Å². The Balaban J connectivity index is 1.04. The number of para-hydroxylation sites is 1. The number of carbonyl (C=O) groups is 1. The standard InChI is InChI=1S/C28H38N4O3/c33-27-7-4-13-32(27)19-20-35-26-10-8-24(9-11-26)21-30-14-12-28(34,23-30)22-29-15-17-31(18-16-29)25-5-2-1-3-6-25/h1-3,5-6,8-11,34H,4,7,12-23H2. The van der Waals surface area contributed by atoms with Gasteiger partial charge in [0.15, 0.2) is 0 Å². The number of anilines is 1. The lowest BCUT2D eigenvalue weighted by Gasteiger charge is -2.39. The zero-order valence-corrected chi connectivity index (χ0v) is 20.6. The Morgan fingerprint density at radius 2 is 1.66 bits per heavy atom. The van der Waals surface area contributed by atoms with Crippen LogP contribution < -0.4 is 9.64 Å². The summed E-state index contributed by atoms with van der Waals surface area (Å²) in [5, 5.41) is 11.3. The Hall–Kier alpha value is -2.61. The first kappa shape index (κ1) is 24.1. The zero-order chi connectivity index (χ0) is 24.1. The smallest absolute Gasteiger partial charge is 0.222 e. The van der Waals surface area contributed by atoms with Crippen molar-refractivity contribution in [3.63, 3.8) is 0 Å². The Morgan fingerprint density at radius 1 is 0.886 bits per heavy atom. The molecular formula is C28H38N4O3. The summed E-state index contributed by atoms with van der Waals surface area (Å²) >= 11 is 0. The van der Waals surface area contributed by atoms with Gasteiger partial charge in [0.1, 0.15) is 12.4 Å². The molecule has 2 aromatic rings. The van der Waals surface area contributed by atoms with Gasteiger partial charge in [-0.25, -0.2) is 0 Å². The average Bonchev–Trinajstić information content (AvgIpc) is 3.46. The van der Waals surface area contributed by atoms with Gasteiger partial charge in [0.2, 0.25) is 5.91 Å². The number of rotatable bonds is 9. The lowest BCUT2D eigenvalue weighted by atomic mass is 10.0. The van der Waals surface area contributed by atoms with Crippen LogP contribution in [0.15, 0.2) is 54.6 Å². The number of nitrogens with zero attached hydrogens (tertiary/aromatic N) is 4. The number of benzene rings is 2. The summed E-state index contributed by atoms with van der Waals surface area (Å²) in [7, 11) is 0. The van der Waals surface area contributed by atoms with E-state index in [2.05, 4.69) is 57.2 Å². The lowest BCUT2D eigenvalue weighted by molar-refractivity contribution is -0.128. The van der Waals surface area contributed by atoms with E-state index < -0.39 is 5.60 Å². The summed E-state index contributed by atoms with van der Waals surface area (Å²) in [6, 6.07) is 18.8. The van der Waals surface area contributed by atoms with Gasteiger partial charge in [-0.3, -0.25) is 14.6 Å². The van der Waals surface area contributed by atoms with Crippen LogP contribution in [0.1, 0.15) is 24.8 Å². The van der Waals surface area contributed by atoms with Gasteiger partial charge in [0.25, 0.3) is 0 Å². The van der Waals surface area contributed by atoms with Crippen molar-refractivity contribution < 1.29 is 14.6 Å². The molecule has 3 aliphatic rings. The highest BCUT2D eigenvalue weighted by Gasteiger charge is 2.38. The number of hydrogen-bond donors (Lipinski definition) is 1. The molecular weight excluding hydrogens is 440 g/mol. The predicted octanol–water partition coefficient (Wildman–Crippen LogP) is 2.45. The largest absolute Gasteiger partial charge is 0.492 e. The van der Waals surface area contributed by atoms with E-state index >= 15 is 0 Å². The van der Waals surface area contributed by atoms with Crippen molar-refractivity contribution in [2.45, 2.75) is 31.4 Å². The summed E-state index contributed by atoms with van der Waals surface area (Å²) < 4.78 is 5.84. The second-order valence-electron chi connectivity index (χ2n) is 10.3. The quantitative estimate of drug-likeness (QED) is 0.598. The number of aliphatic hydroxyl groups is 1. The Bertz CT molecular complexity index is 962. The fourth-order valence-corrected chi connectivity index (χ4v) is 5.59. The minimum atomic E-state index is -0.634. The molecule has 0 saturated carbocycles. The van der Waals surface area contributed by atoms with E-state index in [4.69, 9.17) is 4.74 Å². The maximum atomic E-state index is 11.7. The molecule has 188 valence electrons. The molecule has 3 fully saturated rings. The molecule has 0 aromatic heterocycles. The van der Waals surface area contributed by atoms with Crippen LogP contribution >= 0.6 is 0 Å². The maximum absolute atomic E-state index is 11.7. The van der Waals surface area contributed by atoms with Crippen LogP contribution in [0, 0.1) is 0 Å². The van der Waals surface area contributed by atoms with Gasteiger partial charge in [-0.2, -0.15) is 0 Å². The number of β-amino-alcohol motifs (C(OH)–C–C–N with tert-alkyl or cyclic N) is 1. The molecule has 35 heavy (non-hydrogen) atoms. The summed E-state index contributed by atoms with van der Waals surface area (Å²) in [6.45, 7) is 9.27. The SMILES string of the molecule is O=C1CCCN1CCOc1ccc(CN2CCC(O)(CN3CCN(c4ccccc4)CC3)C2)cc1. The van der Waals surface area contributed by atoms with Crippen molar-refractivity contribution in [2.75, 3.05) is 70.4 Å². The van der Waals surface area contributed by atoms with E-state index in [0.717, 1.165) is 70.9 Å². The molecule has 2 aromatic carbocycles. The summed E-state index contributed by atoms with van der Waals surface area (Å²) in [5.41, 5.74) is 1.88. The van der Waals surface area contributed by atoms with Crippen molar-refractivity contribution in [1.82, 2.24) is 14.7 Å². The van der Waals surface area contributed by atoms with Crippen LogP contribution in [0.25, 0.3) is 0 Å². The molecule has 1 atom stereocenters. The first-order valence-electron chi connectivity index (χ1n) is 13.0. The van der Waals surface area contributed by atoms with Crippen LogP contribution in [0.3, 0.4) is 0 Å². The highest BCUT2D eigenvalue weighted by molar-refractivity contribution is 5.78. The molecule has 7 nitrogen and oxygen atoms in total. The van der Waals surface area contributed by atoms with E-state index in [9.17, 15) is 9.90 Å². The van der Waals surface area contributed by atoms with E-state index in [-0.39, 0.29) is 5.91 Å². The third-order valence-electron chi connectivity index (χ3n) is 7.55. The minimum Gasteiger partial charge on any atom is -0.492 e. The highest BCUT2D eigenvalue weighted by atomic mass is 16.5. The molecule has 3 heterocycles. The second-order valence-corrected chi connectivity index (χ2v) is 10.3. The summed E-state index contributed by atoms with van der Waals surface area (Å²) in [6.07, 6.45) is 2.46. The zero-order valence-electron chi connectivity index (χ0n) is 20.6. The number of carbonyl (C=O) groups excluding carboxylic acids is 1. The topological polar surface area (TPSA) is 59.5 Å². The van der Waals surface area contributed by atoms with Gasteiger partial charge in [-0.05, 0) is 42.7 Å². The predicted molar refractivity (Wildman–Crippen MR) is 138 cm³/mol. The Morgan fingerprint density at radius 3 is 2.37 bits per heavy atom. The third-order valence-corrected chi connectivity index (χ3v) is 7.55. The molecule has 7 heteroatoms. The van der Waals surface area contributed by atoms with E-state index in [1.165, 1.54) is 11.3 Å². The number of ether oxygens (including phenoxy) is 1. The summed E-state index contributed by atoms with van der Waals surface area (Å²) in [4.78, 5) is 20.8. The number of piperazine rings is 1. The van der Waals surface area contributed by atoms with Crippen LogP contribution in [0.2, 0.25) is 0 Å². The average molecular weight is 479 g/mol. The van der Waals surface area contributed by atoms with Crippen molar-refractivity contribution in [3.8, 4) is 5.75 Å².